The summed E-state index contributed by atoms with van der Waals surface area (Å²) in [4.78, 5) is 11.1. The molecule has 0 bridgehead atoms. The fraction of sp³-hybridized carbons (Fsp3) is 0. The number of benzene rings is 8. The van der Waals surface area contributed by atoms with Crippen LogP contribution in [-0.4, -0.2) is 18.9 Å². The molecule has 0 fully saturated rings. The summed E-state index contributed by atoms with van der Waals surface area (Å²) in [6.45, 7) is 0. The van der Waals surface area contributed by atoms with E-state index in [2.05, 4.69) is 167 Å². The standard InChI is InChI=1S/C50H26N4S2/c1-2-9-30-26-31(21-18-27(30)8-1)28-16-19-29(20-17-28)46-49-47(34-11-4-6-15-39(34)56-49)52-50(51-46)54-37-14-7-13-36-42(37)43-38(54)23-25-40-44(43)45-41(55-40)24-22-33-32-10-3-5-12-35(32)53(36)48(33)45/h1-26H. The Morgan fingerprint density at radius 3 is 2.05 bits per heavy atom. The first-order valence-electron chi connectivity index (χ1n) is 18.9. The van der Waals surface area contributed by atoms with Crippen molar-refractivity contribution < 1.29 is 0 Å². The van der Waals surface area contributed by atoms with Crippen LogP contribution in [0.4, 0.5) is 0 Å². The predicted octanol–water partition coefficient (Wildman–Crippen LogP) is 14.2. The third kappa shape index (κ3) is 3.68. The number of hydrogen-bond donors (Lipinski definition) is 0. The van der Waals surface area contributed by atoms with E-state index in [-0.39, 0.29) is 0 Å². The molecule has 0 radical (unpaired) electrons. The van der Waals surface area contributed by atoms with E-state index in [1.165, 1.54) is 84.9 Å². The van der Waals surface area contributed by atoms with Crippen molar-refractivity contribution in [3.05, 3.63) is 158 Å². The van der Waals surface area contributed by atoms with E-state index in [0.717, 1.165) is 37.9 Å². The van der Waals surface area contributed by atoms with Crippen LogP contribution in [0.5, 0.6) is 0 Å². The van der Waals surface area contributed by atoms with Gasteiger partial charge in [0.15, 0.2) is 0 Å². The van der Waals surface area contributed by atoms with Crippen LogP contribution in [0.25, 0.3) is 129 Å². The Hall–Kier alpha value is -6.86. The maximum Gasteiger partial charge on any atom is 0.235 e. The molecule has 0 aliphatic heterocycles. The summed E-state index contributed by atoms with van der Waals surface area (Å²) in [5.41, 5.74) is 11.4. The molecule has 6 heteroatoms. The summed E-state index contributed by atoms with van der Waals surface area (Å²) < 4.78 is 9.78. The van der Waals surface area contributed by atoms with Gasteiger partial charge >= 0.3 is 0 Å². The minimum Gasteiger partial charge on any atom is -0.308 e. The van der Waals surface area contributed by atoms with Crippen molar-refractivity contribution >= 4 is 123 Å². The summed E-state index contributed by atoms with van der Waals surface area (Å²) >= 11 is 3.66. The van der Waals surface area contributed by atoms with Crippen LogP contribution in [0.2, 0.25) is 0 Å². The van der Waals surface area contributed by atoms with Crippen molar-refractivity contribution in [2.24, 2.45) is 0 Å². The van der Waals surface area contributed by atoms with E-state index in [1.807, 2.05) is 11.3 Å². The summed E-state index contributed by atoms with van der Waals surface area (Å²) in [6.07, 6.45) is 0. The van der Waals surface area contributed by atoms with Gasteiger partial charge in [0.25, 0.3) is 0 Å². The van der Waals surface area contributed by atoms with E-state index in [0.29, 0.717) is 5.95 Å². The van der Waals surface area contributed by atoms with E-state index < -0.39 is 0 Å². The second-order valence-corrected chi connectivity index (χ2v) is 17.1. The number of aromatic nitrogens is 4. The average molecular weight is 747 g/mol. The van der Waals surface area contributed by atoms with E-state index >= 15 is 0 Å². The SMILES string of the molecule is c1ccc2cc(-c3ccc(-c4nc(-n5c6ccc7sc8ccc9c%10ccccc%10n%10c%11cccc5c%11c6c7c8c9%10)nc5c4sc4ccccc45)cc3)ccc2c1. The highest BCUT2D eigenvalue weighted by Gasteiger charge is 2.27. The van der Waals surface area contributed by atoms with Gasteiger partial charge in [0.2, 0.25) is 5.95 Å². The minimum absolute atomic E-state index is 0.689. The number of hydrogen-bond acceptors (Lipinski definition) is 4. The van der Waals surface area contributed by atoms with Gasteiger partial charge in [-0.15, -0.1) is 22.7 Å². The molecule has 0 N–H and O–H groups in total. The molecule has 0 saturated heterocycles. The zero-order chi connectivity index (χ0) is 36.2. The third-order valence-corrected chi connectivity index (χ3v) is 14.3. The zero-order valence-electron chi connectivity index (χ0n) is 29.6. The zero-order valence-corrected chi connectivity index (χ0v) is 31.2. The van der Waals surface area contributed by atoms with Crippen molar-refractivity contribution in [2.45, 2.75) is 0 Å². The largest absolute Gasteiger partial charge is 0.308 e. The Bertz CT molecular complexity index is 3940. The molecule has 0 aliphatic carbocycles. The van der Waals surface area contributed by atoms with Crippen LogP contribution in [0.15, 0.2) is 158 Å². The molecule has 0 unspecified atom stereocenters. The molecule has 56 heavy (non-hydrogen) atoms. The molecule has 8 aromatic carbocycles. The normalized spacial score (nSPS) is 12.6. The number of rotatable bonds is 3. The Balaban J connectivity index is 1.08. The highest BCUT2D eigenvalue weighted by Crippen LogP contribution is 2.50. The number of nitrogens with zero attached hydrogens (tertiary/aromatic N) is 4. The van der Waals surface area contributed by atoms with Crippen LogP contribution in [0.1, 0.15) is 0 Å². The Morgan fingerprint density at radius 1 is 0.411 bits per heavy atom. The van der Waals surface area contributed by atoms with Gasteiger partial charge < -0.3 is 4.40 Å². The first-order chi connectivity index (χ1) is 27.8. The minimum atomic E-state index is 0.689. The fourth-order valence-corrected chi connectivity index (χ4v) is 11.9. The molecule has 6 heterocycles. The highest BCUT2D eigenvalue weighted by atomic mass is 32.1. The van der Waals surface area contributed by atoms with Crippen LogP contribution in [-0.2, 0) is 0 Å². The van der Waals surface area contributed by atoms with Crippen molar-refractivity contribution in [3.63, 3.8) is 0 Å². The monoisotopic (exact) mass is 746 g/mol. The van der Waals surface area contributed by atoms with Crippen molar-refractivity contribution in [3.8, 4) is 28.3 Å². The van der Waals surface area contributed by atoms with Gasteiger partial charge in [-0.2, -0.15) is 0 Å². The van der Waals surface area contributed by atoms with Gasteiger partial charge in [0.05, 0.1) is 43.5 Å². The third-order valence-electron chi connectivity index (χ3n) is 12.1. The molecule has 0 saturated carbocycles. The highest BCUT2D eigenvalue weighted by molar-refractivity contribution is 7.26. The molecule has 258 valence electrons. The van der Waals surface area contributed by atoms with Crippen LogP contribution in [0, 0.1) is 0 Å². The molecular weight excluding hydrogens is 721 g/mol. The first kappa shape index (κ1) is 29.5. The van der Waals surface area contributed by atoms with Gasteiger partial charge in [0.1, 0.15) is 0 Å². The summed E-state index contributed by atoms with van der Waals surface area (Å²) in [5.74, 6) is 0.689. The average Bonchev–Trinajstić information content (AvgIpc) is 3.98. The molecule has 14 rings (SSSR count). The molecule has 0 amide bonds. The van der Waals surface area contributed by atoms with Crippen molar-refractivity contribution in [2.75, 3.05) is 0 Å². The van der Waals surface area contributed by atoms with Gasteiger partial charge in [-0.05, 0) is 70.4 Å². The second-order valence-electron chi connectivity index (χ2n) is 14.9. The Labute approximate surface area is 326 Å². The van der Waals surface area contributed by atoms with E-state index in [1.54, 1.807) is 11.3 Å². The quantitative estimate of drug-likeness (QED) is 0.180. The Kier molecular flexibility index (Phi) is 5.51. The smallest absolute Gasteiger partial charge is 0.235 e. The first-order valence-corrected chi connectivity index (χ1v) is 20.5. The molecule has 14 aromatic rings. The van der Waals surface area contributed by atoms with Gasteiger partial charge in [-0.1, -0.05) is 109 Å². The lowest BCUT2D eigenvalue weighted by Crippen LogP contribution is -2.03. The molecular formula is C50H26N4S2. The molecule has 0 atom stereocenters. The summed E-state index contributed by atoms with van der Waals surface area (Å²) in [7, 11) is 0. The predicted molar refractivity (Wildman–Crippen MR) is 239 cm³/mol. The second kappa shape index (κ2) is 10.5. The van der Waals surface area contributed by atoms with Crippen LogP contribution in [0.3, 0.4) is 0 Å². The molecule has 6 aromatic heterocycles. The number of fused-ring (bicyclic) bond motifs is 8. The fourth-order valence-electron chi connectivity index (χ4n) is 9.65. The maximum atomic E-state index is 5.56. The van der Waals surface area contributed by atoms with Crippen molar-refractivity contribution in [1.82, 2.24) is 18.9 Å². The summed E-state index contributed by atoms with van der Waals surface area (Å²) in [5, 5.41) is 11.4. The van der Waals surface area contributed by atoms with Gasteiger partial charge in [-0.25, -0.2) is 9.97 Å². The van der Waals surface area contributed by atoms with Gasteiger partial charge in [0, 0.05) is 57.4 Å². The number of thiophene rings is 2. The Morgan fingerprint density at radius 2 is 1.12 bits per heavy atom. The van der Waals surface area contributed by atoms with Crippen LogP contribution < -0.4 is 0 Å². The summed E-state index contributed by atoms with van der Waals surface area (Å²) in [6, 6.07) is 57.7. The topological polar surface area (TPSA) is 35.1 Å². The molecule has 4 nitrogen and oxygen atoms in total. The molecule has 0 spiro atoms. The lowest BCUT2D eigenvalue weighted by Gasteiger charge is -2.11. The van der Waals surface area contributed by atoms with Crippen LogP contribution >= 0.6 is 22.7 Å². The van der Waals surface area contributed by atoms with Gasteiger partial charge in [-0.3, -0.25) is 4.57 Å². The maximum absolute atomic E-state index is 5.56. The van der Waals surface area contributed by atoms with Crippen molar-refractivity contribution in [1.29, 1.82) is 0 Å². The molecule has 0 aliphatic rings. The lowest BCUT2D eigenvalue weighted by molar-refractivity contribution is 1.02. The van der Waals surface area contributed by atoms with E-state index in [4.69, 9.17) is 9.97 Å². The lowest BCUT2D eigenvalue weighted by atomic mass is 9.99. The number of para-hydroxylation sites is 1. The van der Waals surface area contributed by atoms with E-state index in [9.17, 15) is 0 Å².